The summed E-state index contributed by atoms with van der Waals surface area (Å²) < 4.78 is 0. The molecule has 2 aromatic rings. The van der Waals surface area contributed by atoms with Crippen LogP contribution in [0.4, 0.5) is 11.4 Å². The Labute approximate surface area is 153 Å². The molecule has 25 heavy (non-hydrogen) atoms. The number of nitrogens with zero attached hydrogens (tertiary/aromatic N) is 1. The molecule has 0 aliphatic rings. The highest BCUT2D eigenvalue weighted by molar-refractivity contribution is 5.59. The Bertz CT molecular complexity index is 688. The molecule has 0 spiro atoms. The number of likely N-dealkylation sites (N-methyl/N-ethyl adjacent to an activating group) is 1. The van der Waals surface area contributed by atoms with Gasteiger partial charge in [0.2, 0.25) is 0 Å². The lowest BCUT2D eigenvalue weighted by Crippen LogP contribution is -2.30. The number of nitrogens with one attached hydrogen (secondary N) is 2. The second-order valence-electron chi connectivity index (χ2n) is 7.39. The fourth-order valence-electron chi connectivity index (χ4n) is 3.58. The van der Waals surface area contributed by atoms with E-state index in [1.54, 1.807) is 0 Å². The summed E-state index contributed by atoms with van der Waals surface area (Å²) >= 11 is 0. The monoisotopic (exact) mass is 339 g/mol. The van der Waals surface area contributed by atoms with Gasteiger partial charge in [-0.05, 0) is 70.8 Å². The van der Waals surface area contributed by atoms with Crippen molar-refractivity contribution in [1.82, 2.24) is 4.90 Å². The minimum Gasteiger partial charge on any atom is -0.383 e. The molecule has 0 atom stereocenters. The summed E-state index contributed by atoms with van der Waals surface area (Å²) in [6.45, 7) is 15.8. The summed E-state index contributed by atoms with van der Waals surface area (Å²) in [5.41, 5.74) is 10.5. The van der Waals surface area contributed by atoms with Gasteiger partial charge in [0.1, 0.15) is 0 Å². The van der Waals surface area contributed by atoms with E-state index in [0.29, 0.717) is 0 Å². The average Bonchev–Trinajstić information content (AvgIpc) is 2.48. The molecule has 0 fully saturated rings. The van der Waals surface area contributed by atoms with Gasteiger partial charge < -0.3 is 10.6 Å². The quantitative estimate of drug-likeness (QED) is 0.699. The zero-order valence-corrected chi connectivity index (χ0v) is 16.9. The summed E-state index contributed by atoms with van der Waals surface area (Å²) in [4.78, 5) is 2.31. The molecule has 0 saturated heterocycles. The standard InChI is InChI=1S/C22H33N3/c1-15-10-17(3)21(18(4)11-15)23-8-9-25(7)14-24-22-19(5)12-16(2)13-20(22)6/h10-13,23-24H,8-9,14H2,1-7H3. The fourth-order valence-corrected chi connectivity index (χ4v) is 3.58. The summed E-state index contributed by atoms with van der Waals surface area (Å²) in [5, 5.41) is 7.18. The lowest BCUT2D eigenvalue weighted by molar-refractivity contribution is 0.372. The summed E-state index contributed by atoms with van der Waals surface area (Å²) in [6, 6.07) is 8.95. The van der Waals surface area contributed by atoms with Gasteiger partial charge in [-0.25, -0.2) is 0 Å². The van der Waals surface area contributed by atoms with Crippen LogP contribution in [0.2, 0.25) is 0 Å². The number of rotatable bonds is 7. The third-order valence-corrected chi connectivity index (χ3v) is 4.68. The molecule has 2 aromatic carbocycles. The van der Waals surface area contributed by atoms with E-state index in [9.17, 15) is 0 Å². The number of benzene rings is 2. The van der Waals surface area contributed by atoms with E-state index in [1.807, 2.05) is 0 Å². The molecule has 0 radical (unpaired) electrons. The van der Waals surface area contributed by atoms with Gasteiger partial charge in [-0.1, -0.05) is 35.4 Å². The van der Waals surface area contributed by atoms with Crippen molar-refractivity contribution in [3.05, 3.63) is 57.6 Å². The van der Waals surface area contributed by atoms with Crippen LogP contribution in [0.15, 0.2) is 24.3 Å². The second-order valence-corrected chi connectivity index (χ2v) is 7.39. The maximum absolute atomic E-state index is 3.60. The minimum atomic E-state index is 0.846. The summed E-state index contributed by atoms with van der Waals surface area (Å²) in [7, 11) is 2.16. The lowest BCUT2D eigenvalue weighted by Gasteiger charge is -2.22. The Morgan fingerprint density at radius 1 is 0.680 bits per heavy atom. The molecule has 0 heterocycles. The Morgan fingerprint density at radius 3 is 1.52 bits per heavy atom. The van der Waals surface area contributed by atoms with Gasteiger partial charge in [0.25, 0.3) is 0 Å². The van der Waals surface area contributed by atoms with Crippen molar-refractivity contribution >= 4 is 11.4 Å². The van der Waals surface area contributed by atoms with Crippen molar-refractivity contribution < 1.29 is 0 Å². The number of hydrogen-bond donors (Lipinski definition) is 2. The summed E-state index contributed by atoms with van der Waals surface area (Å²) in [6.07, 6.45) is 0. The molecule has 0 amide bonds. The molecule has 0 bridgehead atoms. The first-order valence-corrected chi connectivity index (χ1v) is 9.10. The van der Waals surface area contributed by atoms with Crippen molar-refractivity contribution in [2.75, 3.05) is 37.4 Å². The smallest absolute Gasteiger partial charge is 0.0676 e. The third kappa shape index (κ3) is 5.23. The largest absolute Gasteiger partial charge is 0.383 e. The third-order valence-electron chi connectivity index (χ3n) is 4.68. The van der Waals surface area contributed by atoms with Gasteiger partial charge in [0.05, 0.1) is 6.67 Å². The lowest BCUT2D eigenvalue weighted by atomic mass is 10.1. The van der Waals surface area contributed by atoms with E-state index in [2.05, 4.69) is 88.4 Å². The van der Waals surface area contributed by atoms with Crippen LogP contribution >= 0.6 is 0 Å². The van der Waals surface area contributed by atoms with Crippen LogP contribution in [0.1, 0.15) is 33.4 Å². The van der Waals surface area contributed by atoms with Crippen LogP contribution < -0.4 is 10.6 Å². The van der Waals surface area contributed by atoms with Crippen molar-refractivity contribution in [3.8, 4) is 0 Å². The molecule has 0 aliphatic heterocycles. The fraction of sp³-hybridized carbons (Fsp3) is 0.455. The molecule has 0 saturated carbocycles. The van der Waals surface area contributed by atoms with Crippen LogP contribution in [-0.2, 0) is 0 Å². The zero-order chi connectivity index (χ0) is 18.6. The highest BCUT2D eigenvalue weighted by atomic mass is 15.2. The van der Waals surface area contributed by atoms with E-state index in [1.165, 1.54) is 44.8 Å². The molecule has 2 rings (SSSR count). The molecule has 0 aromatic heterocycles. The predicted molar refractivity (Wildman–Crippen MR) is 111 cm³/mol. The first kappa shape index (κ1) is 19.3. The van der Waals surface area contributed by atoms with E-state index in [0.717, 1.165) is 19.8 Å². The first-order valence-electron chi connectivity index (χ1n) is 9.10. The molecular weight excluding hydrogens is 306 g/mol. The van der Waals surface area contributed by atoms with Crippen LogP contribution in [0.5, 0.6) is 0 Å². The van der Waals surface area contributed by atoms with Crippen LogP contribution in [-0.4, -0.2) is 31.7 Å². The number of aryl methyl sites for hydroxylation is 6. The van der Waals surface area contributed by atoms with Crippen molar-refractivity contribution in [1.29, 1.82) is 0 Å². The molecule has 0 aliphatic carbocycles. The Morgan fingerprint density at radius 2 is 1.08 bits per heavy atom. The Balaban J connectivity index is 1.85. The normalized spacial score (nSPS) is 11.0. The van der Waals surface area contributed by atoms with Crippen molar-refractivity contribution in [3.63, 3.8) is 0 Å². The maximum Gasteiger partial charge on any atom is 0.0676 e. The molecule has 3 heteroatoms. The topological polar surface area (TPSA) is 27.3 Å². The highest BCUT2D eigenvalue weighted by Crippen LogP contribution is 2.22. The van der Waals surface area contributed by atoms with Gasteiger partial charge >= 0.3 is 0 Å². The minimum absolute atomic E-state index is 0.846. The van der Waals surface area contributed by atoms with Gasteiger partial charge in [0, 0.05) is 24.5 Å². The van der Waals surface area contributed by atoms with E-state index in [-0.39, 0.29) is 0 Å². The zero-order valence-electron chi connectivity index (χ0n) is 16.9. The summed E-state index contributed by atoms with van der Waals surface area (Å²) in [5.74, 6) is 0. The van der Waals surface area contributed by atoms with Gasteiger partial charge in [-0.15, -0.1) is 0 Å². The highest BCUT2D eigenvalue weighted by Gasteiger charge is 2.06. The first-order chi connectivity index (χ1) is 11.8. The molecule has 2 N–H and O–H groups in total. The molecule has 3 nitrogen and oxygen atoms in total. The molecular formula is C22H33N3. The number of hydrogen-bond acceptors (Lipinski definition) is 3. The van der Waals surface area contributed by atoms with Crippen LogP contribution in [0.3, 0.4) is 0 Å². The van der Waals surface area contributed by atoms with Crippen molar-refractivity contribution in [2.45, 2.75) is 41.5 Å². The van der Waals surface area contributed by atoms with Gasteiger partial charge in [0.15, 0.2) is 0 Å². The van der Waals surface area contributed by atoms with E-state index >= 15 is 0 Å². The van der Waals surface area contributed by atoms with Gasteiger partial charge in [-0.2, -0.15) is 0 Å². The average molecular weight is 340 g/mol. The number of anilines is 2. The van der Waals surface area contributed by atoms with Crippen molar-refractivity contribution in [2.24, 2.45) is 0 Å². The Kier molecular flexibility index (Phi) is 6.49. The molecule has 0 unspecified atom stereocenters. The van der Waals surface area contributed by atoms with E-state index < -0.39 is 0 Å². The predicted octanol–water partition coefficient (Wildman–Crippen LogP) is 4.95. The van der Waals surface area contributed by atoms with E-state index in [4.69, 9.17) is 0 Å². The SMILES string of the molecule is Cc1cc(C)c(NCCN(C)CNc2c(C)cc(C)cc2C)c(C)c1. The second kappa shape index (κ2) is 8.39. The van der Waals surface area contributed by atoms with Crippen LogP contribution in [0, 0.1) is 41.5 Å². The van der Waals surface area contributed by atoms with Gasteiger partial charge in [-0.3, -0.25) is 4.90 Å². The Hall–Kier alpha value is -2.00. The maximum atomic E-state index is 3.60. The molecule has 136 valence electrons. The van der Waals surface area contributed by atoms with Crippen LogP contribution in [0.25, 0.3) is 0 Å².